The van der Waals surface area contributed by atoms with Gasteiger partial charge in [0.25, 0.3) is 0 Å². The highest BCUT2D eigenvalue weighted by molar-refractivity contribution is 5.98. The summed E-state index contributed by atoms with van der Waals surface area (Å²) in [6, 6.07) is 13.1. The summed E-state index contributed by atoms with van der Waals surface area (Å²) in [5, 5.41) is 9.04. The third kappa shape index (κ3) is 4.64. The second-order valence-electron chi connectivity index (χ2n) is 5.16. The Balaban J connectivity index is 2.32. The fourth-order valence-electron chi connectivity index (χ4n) is 2.29. The van der Waals surface area contributed by atoms with Crippen LogP contribution in [0.4, 0.5) is 0 Å². The SMILES string of the molecule is COC(=O)/C(C#N)=C/c1cccc(OC(=O)c2c(OC)cccc2OC)c1. The van der Waals surface area contributed by atoms with Gasteiger partial charge in [0.1, 0.15) is 34.5 Å². The number of nitriles is 1. The van der Waals surface area contributed by atoms with E-state index in [0.717, 1.165) is 0 Å². The molecular weight excluding hydrogens is 350 g/mol. The molecule has 0 atom stereocenters. The van der Waals surface area contributed by atoms with Gasteiger partial charge in [0, 0.05) is 0 Å². The topological polar surface area (TPSA) is 94.9 Å². The predicted octanol–water partition coefficient (Wildman–Crippen LogP) is 3.00. The van der Waals surface area contributed by atoms with Crippen LogP contribution in [0.3, 0.4) is 0 Å². The molecule has 27 heavy (non-hydrogen) atoms. The van der Waals surface area contributed by atoms with Gasteiger partial charge in [-0.1, -0.05) is 18.2 Å². The van der Waals surface area contributed by atoms with Gasteiger partial charge in [0.15, 0.2) is 0 Å². The first kappa shape index (κ1) is 19.5. The fraction of sp³-hybridized carbons (Fsp3) is 0.150. The van der Waals surface area contributed by atoms with E-state index < -0.39 is 11.9 Å². The molecule has 0 unspecified atom stereocenters. The molecule has 0 amide bonds. The number of benzene rings is 2. The molecule has 0 N–H and O–H groups in total. The lowest BCUT2D eigenvalue weighted by molar-refractivity contribution is -0.135. The minimum Gasteiger partial charge on any atom is -0.496 e. The van der Waals surface area contributed by atoms with Gasteiger partial charge in [0.2, 0.25) is 0 Å². The van der Waals surface area contributed by atoms with E-state index in [-0.39, 0.29) is 16.9 Å². The maximum absolute atomic E-state index is 12.6. The molecular formula is C20H17NO6. The van der Waals surface area contributed by atoms with Crippen molar-refractivity contribution >= 4 is 18.0 Å². The zero-order valence-electron chi connectivity index (χ0n) is 15.0. The first-order chi connectivity index (χ1) is 13.0. The van der Waals surface area contributed by atoms with Crippen molar-refractivity contribution in [3.63, 3.8) is 0 Å². The second kappa shape index (κ2) is 9.06. The van der Waals surface area contributed by atoms with Crippen molar-refractivity contribution in [1.82, 2.24) is 0 Å². The average molecular weight is 367 g/mol. The molecule has 2 rings (SSSR count). The van der Waals surface area contributed by atoms with Gasteiger partial charge in [-0.2, -0.15) is 5.26 Å². The lowest BCUT2D eigenvalue weighted by Crippen LogP contribution is -2.12. The summed E-state index contributed by atoms with van der Waals surface area (Å²) >= 11 is 0. The van der Waals surface area contributed by atoms with Crippen LogP contribution in [-0.4, -0.2) is 33.3 Å². The highest BCUT2D eigenvalue weighted by Crippen LogP contribution is 2.29. The van der Waals surface area contributed by atoms with Crippen LogP contribution in [0.2, 0.25) is 0 Å². The van der Waals surface area contributed by atoms with Crippen LogP contribution < -0.4 is 14.2 Å². The van der Waals surface area contributed by atoms with Crippen LogP contribution >= 0.6 is 0 Å². The first-order valence-electron chi connectivity index (χ1n) is 7.77. The van der Waals surface area contributed by atoms with Gasteiger partial charge < -0.3 is 18.9 Å². The van der Waals surface area contributed by atoms with E-state index in [4.69, 9.17) is 19.5 Å². The van der Waals surface area contributed by atoms with Gasteiger partial charge in [-0.15, -0.1) is 0 Å². The van der Waals surface area contributed by atoms with Crippen molar-refractivity contribution in [2.45, 2.75) is 0 Å². The monoisotopic (exact) mass is 367 g/mol. The molecule has 138 valence electrons. The van der Waals surface area contributed by atoms with Crippen molar-refractivity contribution in [3.8, 4) is 23.3 Å². The minimum absolute atomic E-state index is 0.149. The van der Waals surface area contributed by atoms with Crippen LogP contribution in [-0.2, 0) is 9.53 Å². The van der Waals surface area contributed by atoms with Crippen molar-refractivity contribution in [3.05, 3.63) is 59.2 Å². The van der Waals surface area contributed by atoms with Crippen molar-refractivity contribution in [2.75, 3.05) is 21.3 Å². The Morgan fingerprint density at radius 2 is 1.63 bits per heavy atom. The Morgan fingerprint density at radius 1 is 1.00 bits per heavy atom. The van der Waals surface area contributed by atoms with E-state index >= 15 is 0 Å². The molecule has 0 saturated carbocycles. The number of hydrogen-bond acceptors (Lipinski definition) is 7. The molecule has 0 bridgehead atoms. The van der Waals surface area contributed by atoms with Crippen LogP contribution in [0.15, 0.2) is 48.0 Å². The third-order valence-corrected chi connectivity index (χ3v) is 3.54. The van der Waals surface area contributed by atoms with Crippen molar-refractivity contribution in [1.29, 1.82) is 5.26 Å². The molecule has 7 heteroatoms. The van der Waals surface area contributed by atoms with Crippen molar-refractivity contribution in [2.24, 2.45) is 0 Å². The van der Waals surface area contributed by atoms with Gasteiger partial charge in [0.05, 0.1) is 21.3 Å². The predicted molar refractivity (Wildman–Crippen MR) is 96.6 cm³/mol. The Kier molecular flexibility index (Phi) is 6.55. The van der Waals surface area contributed by atoms with E-state index in [9.17, 15) is 9.59 Å². The normalized spacial score (nSPS) is 10.5. The molecule has 0 radical (unpaired) electrons. The van der Waals surface area contributed by atoms with Gasteiger partial charge in [-0.25, -0.2) is 9.59 Å². The number of esters is 2. The molecule has 0 spiro atoms. The zero-order chi connectivity index (χ0) is 19.8. The first-order valence-corrected chi connectivity index (χ1v) is 7.77. The number of carbonyl (C=O) groups is 2. The molecule has 0 fully saturated rings. The molecule has 2 aromatic rings. The summed E-state index contributed by atoms with van der Waals surface area (Å²) in [7, 11) is 4.06. The van der Waals surface area contributed by atoms with Crippen molar-refractivity contribution < 1.29 is 28.5 Å². The van der Waals surface area contributed by atoms with E-state index in [1.165, 1.54) is 33.5 Å². The standard InChI is InChI=1S/C20H17NO6/c1-24-16-8-5-9-17(25-2)18(16)20(23)27-15-7-4-6-13(11-15)10-14(12-21)19(22)26-3/h4-11H,1-3H3/b14-10+. The second-order valence-corrected chi connectivity index (χ2v) is 5.16. The summed E-state index contributed by atoms with van der Waals surface area (Å²) < 4.78 is 20.3. The van der Waals surface area contributed by atoms with Crippen LogP contribution in [0.5, 0.6) is 17.2 Å². The molecule has 0 aliphatic carbocycles. The zero-order valence-corrected chi connectivity index (χ0v) is 15.0. The summed E-state index contributed by atoms with van der Waals surface area (Å²) in [6.07, 6.45) is 1.34. The molecule has 0 heterocycles. The van der Waals surface area contributed by atoms with E-state index in [1.54, 1.807) is 42.5 Å². The fourth-order valence-corrected chi connectivity index (χ4v) is 2.29. The minimum atomic E-state index is -0.751. The highest BCUT2D eigenvalue weighted by Gasteiger charge is 2.20. The van der Waals surface area contributed by atoms with E-state index in [1.807, 2.05) is 0 Å². The summed E-state index contributed by atoms with van der Waals surface area (Å²) in [6.45, 7) is 0. The number of ether oxygens (including phenoxy) is 4. The Hall–Kier alpha value is -3.79. The molecule has 0 saturated heterocycles. The van der Waals surface area contributed by atoms with E-state index in [2.05, 4.69) is 4.74 Å². The van der Waals surface area contributed by atoms with Gasteiger partial charge in [-0.05, 0) is 35.9 Å². The Morgan fingerprint density at radius 3 is 2.19 bits per heavy atom. The van der Waals surface area contributed by atoms with E-state index in [0.29, 0.717) is 17.1 Å². The number of carbonyl (C=O) groups excluding carboxylic acids is 2. The number of nitrogens with zero attached hydrogens (tertiary/aromatic N) is 1. The van der Waals surface area contributed by atoms with Crippen LogP contribution in [0.25, 0.3) is 6.08 Å². The Bertz CT molecular complexity index is 904. The van der Waals surface area contributed by atoms with Gasteiger partial charge in [-0.3, -0.25) is 0 Å². The summed E-state index contributed by atoms with van der Waals surface area (Å²) in [5.74, 6) is -0.567. The number of methoxy groups -OCH3 is 3. The molecule has 0 aliphatic rings. The summed E-state index contributed by atoms with van der Waals surface area (Å²) in [4.78, 5) is 24.1. The Labute approximate surface area is 156 Å². The van der Waals surface area contributed by atoms with Gasteiger partial charge >= 0.3 is 11.9 Å². The average Bonchev–Trinajstić information content (AvgIpc) is 2.70. The number of hydrogen-bond donors (Lipinski definition) is 0. The molecule has 0 aromatic heterocycles. The molecule has 7 nitrogen and oxygen atoms in total. The maximum atomic E-state index is 12.6. The highest BCUT2D eigenvalue weighted by atomic mass is 16.5. The van der Waals surface area contributed by atoms with Crippen LogP contribution in [0, 0.1) is 11.3 Å². The maximum Gasteiger partial charge on any atom is 0.351 e. The largest absolute Gasteiger partial charge is 0.496 e. The lowest BCUT2D eigenvalue weighted by atomic mass is 10.1. The third-order valence-electron chi connectivity index (χ3n) is 3.54. The quantitative estimate of drug-likeness (QED) is 0.335. The molecule has 2 aromatic carbocycles. The smallest absolute Gasteiger partial charge is 0.351 e. The van der Waals surface area contributed by atoms with Crippen LogP contribution in [0.1, 0.15) is 15.9 Å². The number of rotatable bonds is 6. The lowest BCUT2D eigenvalue weighted by Gasteiger charge is -2.12. The summed E-state index contributed by atoms with van der Waals surface area (Å²) in [5.41, 5.74) is 0.470. The molecule has 0 aliphatic heterocycles.